The van der Waals surface area contributed by atoms with E-state index in [4.69, 9.17) is 5.11 Å². The van der Waals surface area contributed by atoms with Gasteiger partial charge in [0.05, 0.1) is 6.42 Å². The van der Waals surface area contributed by atoms with E-state index in [1.54, 1.807) is 18.2 Å². The fourth-order valence-corrected chi connectivity index (χ4v) is 2.22. The van der Waals surface area contributed by atoms with Gasteiger partial charge in [-0.2, -0.15) is 0 Å². The summed E-state index contributed by atoms with van der Waals surface area (Å²) in [5.74, 6) is -0.624. The van der Waals surface area contributed by atoms with Gasteiger partial charge in [-0.3, -0.25) is 4.79 Å². The molecule has 3 N–H and O–H groups in total. The Morgan fingerprint density at radius 2 is 1.89 bits per heavy atom. The molecule has 0 unspecified atom stereocenters. The number of aromatic hydroxyl groups is 1. The van der Waals surface area contributed by atoms with Gasteiger partial charge in [-0.25, -0.2) is 0 Å². The molecule has 0 saturated carbocycles. The number of benzene rings is 2. The number of hydrogen-bond acceptors (Lipinski definition) is 2. The van der Waals surface area contributed by atoms with Crippen LogP contribution in [0.1, 0.15) is 5.56 Å². The number of fused-ring (bicyclic) bond motifs is 3. The maximum absolute atomic E-state index is 10.7. The van der Waals surface area contributed by atoms with Crippen molar-refractivity contribution in [3.63, 3.8) is 0 Å². The predicted molar refractivity (Wildman–Crippen MR) is 68.8 cm³/mol. The van der Waals surface area contributed by atoms with Crippen molar-refractivity contribution >= 4 is 27.8 Å². The molecule has 2 aromatic carbocycles. The van der Waals surface area contributed by atoms with Crippen molar-refractivity contribution in [2.45, 2.75) is 6.42 Å². The van der Waals surface area contributed by atoms with Crippen LogP contribution in [0.25, 0.3) is 21.8 Å². The van der Waals surface area contributed by atoms with Crippen LogP contribution in [0.5, 0.6) is 5.75 Å². The van der Waals surface area contributed by atoms with Gasteiger partial charge in [-0.1, -0.05) is 12.1 Å². The number of carboxylic acids is 1. The van der Waals surface area contributed by atoms with Crippen LogP contribution in [0, 0.1) is 0 Å². The Kier molecular flexibility index (Phi) is 2.23. The number of carboxylic acid groups (broad SMARTS) is 1. The molecule has 1 heterocycles. The molecule has 4 heteroatoms. The highest BCUT2D eigenvalue weighted by molar-refractivity contribution is 6.07. The van der Waals surface area contributed by atoms with Gasteiger partial charge in [0.25, 0.3) is 0 Å². The minimum Gasteiger partial charge on any atom is -0.508 e. The van der Waals surface area contributed by atoms with E-state index in [0.717, 1.165) is 27.4 Å². The van der Waals surface area contributed by atoms with Crippen molar-refractivity contribution in [2.24, 2.45) is 0 Å². The van der Waals surface area contributed by atoms with Gasteiger partial charge >= 0.3 is 5.97 Å². The van der Waals surface area contributed by atoms with Gasteiger partial charge in [0.1, 0.15) is 5.75 Å². The first-order valence-corrected chi connectivity index (χ1v) is 5.58. The second-order valence-electron chi connectivity index (χ2n) is 4.31. The fourth-order valence-electron chi connectivity index (χ4n) is 2.22. The van der Waals surface area contributed by atoms with E-state index in [0.29, 0.717) is 0 Å². The van der Waals surface area contributed by atoms with Crippen LogP contribution in [-0.4, -0.2) is 21.2 Å². The summed E-state index contributed by atoms with van der Waals surface area (Å²) in [6.45, 7) is 0. The first kappa shape index (κ1) is 10.7. The quantitative estimate of drug-likeness (QED) is 0.645. The summed E-state index contributed by atoms with van der Waals surface area (Å²) in [6, 6.07) is 10.6. The number of aromatic nitrogens is 1. The molecule has 0 spiro atoms. The molecule has 0 atom stereocenters. The Morgan fingerprint density at radius 1 is 1.06 bits per heavy atom. The van der Waals surface area contributed by atoms with E-state index in [9.17, 15) is 9.90 Å². The molecule has 4 nitrogen and oxygen atoms in total. The molecule has 3 rings (SSSR count). The van der Waals surface area contributed by atoms with Crippen molar-refractivity contribution in [3.8, 4) is 5.75 Å². The van der Waals surface area contributed by atoms with Crippen LogP contribution in [0.2, 0.25) is 0 Å². The summed E-state index contributed by atoms with van der Waals surface area (Å²) in [4.78, 5) is 13.9. The van der Waals surface area contributed by atoms with Crippen LogP contribution in [0.4, 0.5) is 0 Å². The van der Waals surface area contributed by atoms with Crippen LogP contribution in [-0.2, 0) is 11.2 Å². The Bertz CT molecular complexity index is 758. The van der Waals surface area contributed by atoms with Crippen molar-refractivity contribution in [2.75, 3.05) is 0 Å². The SMILES string of the molecule is O=C(O)Cc1ccc2c(c1)[nH]c1ccc(O)cc12. The van der Waals surface area contributed by atoms with Crippen molar-refractivity contribution in [1.82, 2.24) is 4.98 Å². The maximum atomic E-state index is 10.7. The molecule has 90 valence electrons. The number of nitrogens with one attached hydrogen (secondary N) is 1. The second kappa shape index (κ2) is 3.77. The molecular weight excluding hydrogens is 230 g/mol. The maximum Gasteiger partial charge on any atom is 0.307 e. The van der Waals surface area contributed by atoms with Crippen molar-refractivity contribution in [3.05, 3.63) is 42.0 Å². The molecule has 1 aromatic heterocycles. The first-order valence-electron chi connectivity index (χ1n) is 5.58. The van der Waals surface area contributed by atoms with Gasteiger partial charge in [0, 0.05) is 21.8 Å². The molecule has 3 aromatic rings. The van der Waals surface area contributed by atoms with Crippen LogP contribution in [0.3, 0.4) is 0 Å². The number of aliphatic carboxylic acids is 1. The van der Waals surface area contributed by atoms with Gasteiger partial charge in [0.15, 0.2) is 0 Å². The average molecular weight is 241 g/mol. The molecule has 0 aliphatic carbocycles. The molecule has 0 radical (unpaired) electrons. The summed E-state index contributed by atoms with van der Waals surface area (Å²) in [5, 5.41) is 20.2. The number of carbonyl (C=O) groups is 1. The molecule has 18 heavy (non-hydrogen) atoms. The largest absolute Gasteiger partial charge is 0.508 e. The van der Waals surface area contributed by atoms with E-state index in [-0.39, 0.29) is 12.2 Å². The van der Waals surface area contributed by atoms with Gasteiger partial charge < -0.3 is 15.2 Å². The Balaban J connectivity index is 2.23. The third kappa shape index (κ3) is 1.68. The topological polar surface area (TPSA) is 73.3 Å². The zero-order valence-electron chi connectivity index (χ0n) is 9.47. The van der Waals surface area contributed by atoms with E-state index >= 15 is 0 Å². The van der Waals surface area contributed by atoms with Gasteiger partial charge in [-0.05, 0) is 29.8 Å². The Morgan fingerprint density at radius 3 is 2.67 bits per heavy atom. The zero-order valence-corrected chi connectivity index (χ0v) is 9.47. The number of phenols is 1. The number of hydrogen-bond donors (Lipinski definition) is 3. The molecule has 0 aliphatic heterocycles. The molecule has 0 aliphatic rings. The standard InChI is InChI=1S/C14H11NO3/c16-9-2-4-12-11(7-9)10-3-1-8(6-14(17)18)5-13(10)15-12/h1-5,7,15-16H,6H2,(H,17,18). The van der Waals surface area contributed by atoms with Crippen LogP contribution in [0.15, 0.2) is 36.4 Å². The number of rotatable bonds is 2. The number of phenolic OH excluding ortho intramolecular Hbond substituents is 1. The summed E-state index contributed by atoms with van der Waals surface area (Å²) in [5.41, 5.74) is 2.57. The summed E-state index contributed by atoms with van der Waals surface area (Å²) in [6.07, 6.45) is 0.0105. The lowest BCUT2D eigenvalue weighted by Crippen LogP contribution is -1.99. The Labute approximate surface area is 102 Å². The second-order valence-corrected chi connectivity index (χ2v) is 4.31. The molecule has 0 saturated heterocycles. The van der Waals surface area contributed by atoms with E-state index in [1.807, 2.05) is 18.2 Å². The highest BCUT2D eigenvalue weighted by atomic mass is 16.4. The zero-order chi connectivity index (χ0) is 12.7. The van der Waals surface area contributed by atoms with E-state index < -0.39 is 5.97 Å². The lowest BCUT2D eigenvalue weighted by Gasteiger charge is -1.97. The van der Waals surface area contributed by atoms with E-state index in [2.05, 4.69) is 4.98 Å². The minimum atomic E-state index is -0.844. The predicted octanol–water partition coefficient (Wildman–Crippen LogP) is 2.65. The molecule has 0 fully saturated rings. The summed E-state index contributed by atoms with van der Waals surface area (Å²) in [7, 11) is 0. The molecule has 0 amide bonds. The smallest absolute Gasteiger partial charge is 0.307 e. The monoisotopic (exact) mass is 241 g/mol. The third-order valence-electron chi connectivity index (χ3n) is 3.00. The van der Waals surface area contributed by atoms with Crippen LogP contribution >= 0.6 is 0 Å². The third-order valence-corrected chi connectivity index (χ3v) is 3.00. The summed E-state index contributed by atoms with van der Waals surface area (Å²) < 4.78 is 0. The summed E-state index contributed by atoms with van der Waals surface area (Å²) >= 11 is 0. The molecular formula is C14H11NO3. The fraction of sp³-hybridized carbons (Fsp3) is 0.0714. The van der Waals surface area contributed by atoms with Crippen molar-refractivity contribution < 1.29 is 15.0 Å². The molecule has 0 bridgehead atoms. The normalized spacial score (nSPS) is 11.1. The highest BCUT2D eigenvalue weighted by Gasteiger charge is 2.07. The average Bonchev–Trinajstić information content (AvgIpc) is 2.65. The lowest BCUT2D eigenvalue weighted by molar-refractivity contribution is -0.136. The number of H-pyrrole nitrogens is 1. The van der Waals surface area contributed by atoms with Gasteiger partial charge in [0.2, 0.25) is 0 Å². The highest BCUT2D eigenvalue weighted by Crippen LogP contribution is 2.28. The van der Waals surface area contributed by atoms with Gasteiger partial charge in [-0.15, -0.1) is 0 Å². The van der Waals surface area contributed by atoms with Crippen molar-refractivity contribution in [1.29, 1.82) is 0 Å². The number of aromatic amines is 1. The lowest BCUT2D eigenvalue weighted by atomic mass is 10.1. The van der Waals surface area contributed by atoms with Crippen LogP contribution < -0.4 is 0 Å². The minimum absolute atomic E-state index is 0.0105. The Hall–Kier alpha value is -2.49. The van der Waals surface area contributed by atoms with E-state index in [1.165, 1.54) is 0 Å². The first-order chi connectivity index (χ1) is 8.63.